The van der Waals surface area contributed by atoms with E-state index in [4.69, 9.17) is 11.6 Å². The molecule has 0 saturated carbocycles. The molecule has 22 heavy (non-hydrogen) atoms. The van der Waals surface area contributed by atoms with Crippen molar-refractivity contribution >= 4 is 55.6 Å². The van der Waals surface area contributed by atoms with E-state index in [0.29, 0.717) is 6.42 Å². The molecule has 0 spiro atoms. The van der Waals surface area contributed by atoms with Crippen molar-refractivity contribution in [1.82, 2.24) is 2.78 Å². The number of aromatic nitrogens is 1. The molecular formula is C16H16BrClIN2O-. The van der Waals surface area contributed by atoms with Gasteiger partial charge in [0, 0.05) is 0 Å². The van der Waals surface area contributed by atoms with Gasteiger partial charge in [0.2, 0.25) is 0 Å². The van der Waals surface area contributed by atoms with E-state index in [1.807, 2.05) is 18.2 Å². The second-order valence-electron chi connectivity index (χ2n) is 4.44. The van der Waals surface area contributed by atoms with Crippen LogP contribution in [0.4, 0.5) is 0 Å². The summed E-state index contributed by atoms with van der Waals surface area (Å²) in [4.78, 5) is 13.2. The van der Waals surface area contributed by atoms with Crippen LogP contribution in [0.5, 0.6) is 0 Å². The first-order valence-electron chi connectivity index (χ1n) is 6.59. The van der Waals surface area contributed by atoms with E-state index in [0.717, 1.165) is 32.1 Å². The van der Waals surface area contributed by atoms with E-state index in [-0.39, 0.29) is 21.5 Å². The number of hydrogen-bond acceptors (Lipinski definition) is 2. The third kappa shape index (κ3) is 3.18. The molecule has 6 heteroatoms. The van der Waals surface area contributed by atoms with Gasteiger partial charge in [0.05, 0.1) is 0 Å². The van der Waals surface area contributed by atoms with Crippen molar-refractivity contribution in [1.29, 1.82) is 0 Å². The first-order chi connectivity index (χ1) is 10.7. The number of alkyl halides is 1. The summed E-state index contributed by atoms with van der Waals surface area (Å²) in [5.41, 5.74) is 7.94. The number of carbonyl (C=O) groups is 1. The fourth-order valence-electron chi connectivity index (χ4n) is 2.53. The normalized spacial score (nSPS) is 10.8. The summed E-state index contributed by atoms with van der Waals surface area (Å²) in [6.07, 6.45) is 1.40. The van der Waals surface area contributed by atoms with Crippen LogP contribution >= 0.6 is 27.5 Å². The fourth-order valence-corrected chi connectivity index (χ4v) is 5.20. The van der Waals surface area contributed by atoms with Gasteiger partial charge in [-0.15, -0.1) is 0 Å². The molecule has 2 aromatic carbocycles. The second kappa shape index (κ2) is 7.77. The first-order valence-corrected chi connectivity index (χ1v) is 10.9. The van der Waals surface area contributed by atoms with Crippen LogP contribution in [-0.2, 0) is 11.2 Å². The van der Waals surface area contributed by atoms with Crippen LogP contribution in [0.2, 0.25) is 5.02 Å². The van der Waals surface area contributed by atoms with Gasteiger partial charge in [0.15, 0.2) is 0 Å². The Morgan fingerprint density at radius 2 is 2.00 bits per heavy atom. The number of carbonyl (C=O) groups excluding carboxylic acids is 1. The molecule has 1 heterocycles. The molecule has 1 aromatic heterocycles. The van der Waals surface area contributed by atoms with Gasteiger partial charge in [0.25, 0.3) is 0 Å². The minimum absolute atomic E-state index is 0.163. The molecule has 0 atom stereocenters. The fraction of sp³-hybridized carbons (Fsp3) is 0.188. The van der Waals surface area contributed by atoms with Crippen LogP contribution in [-0.4, -0.2) is 21.0 Å². The van der Waals surface area contributed by atoms with Gasteiger partial charge in [-0.05, 0) is 7.05 Å². The van der Waals surface area contributed by atoms with E-state index in [1.165, 1.54) is 18.1 Å². The van der Waals surface area contributed by atoms with Crippen LogP contribution in [0.15, 0.2) is 34.8 Å². The molecule has 118 valence electrons. The first kappa shape index (κ1) is 17.7. The maximum absolute atomic E-state index is 11.0. The summed E-state index contributed by atoms with van der Waals surface area (Å²) in [5.74, 6) is 0. The Morgan fingerprint density at radius 3 is 2.64 bits per heavy atom. The minimum atomic E-state index is -0.163. The molecule has 0 radical (unpaired) electrons. The maximum atomic E-state index is 11.0. The number of benzene rings is 2. The monoisotopic (exact) mass is 493 g/mol. The summed E-state index contributed by atoms with van der Waals surface area (Å²) in [7, 11) is 1.50. The van der Waals surface area contributed by atoms with E-state index in [1.54, 1.807) is 0 Å². The number of fused-ring (bicyclic) bond motifs is 3. The van der Waals surface area contributed by atoms with Gasteiger partial charge in [-0.25, -0.2) is 0 Å². The zero-order valence-corrected chi connectivity index (χ0v) is 16.7. The summed E-state index contributed by atoms with van der Waals surface area (Å²) >= 11 is 9.52. The van der Waals surface area contributed by atoms with Crippen LogP contribution in [0, 0.1) is 0 Å². The molecule has 0 aliphatic heterocycles. The van der Waals surface area contributed by atoms with Gasteiger partial charge in [0.1, 0.15) is 0 Å². The summed E-state index contributed by atoms with van der Waals surface area (Å²) in [5, 5.41) is 3.06. The van der Waals surface area contributed by atoms with Crippen LogP contribution in [0.25, 0.3) is 21.8 Å². The summed E-state index contributed by atoms with van der Waals surface area (Å²) in [6.45, 7) is 0. The standard InChI is InChI=1S/C15H11BrClINO.CH5N/c1-18-19-14-3-2-11(17)8-12(14)13-7-10(16)6-9(4-5-20)15(13)19;1-2/h2-3,5-8H,4H2,1H3;2H2,1H3/q-1;. The molecule has 0 saturated heterocycles. The molecule has 0 aliphatic carbocycles. The van der Waals surface area contributed by atoms with Gasteiger partial charge >= 0.3 is 141 Å². The molecule has 3 aromatic rings. The third-order valence-electron chi connectivity index (χ3n) is 3.28. The quantitative estimate of drug-likeness (QED) is 0.336. The Bertz CT molecular complexity index is 832. The van der Waals surface area contributed by atoms with Crippen molar-refractivity contribution in [2.75, 3.05) is 12.0 Å². The van der Waals surface area contributed by atoms with E-state index in [2.05, 4.69) is 41.5 Å². The summed E-state index contributed by atoms with van der Waals surface area (Å²) in [6, 6.07) is 10.1. The molecule has 2 N–H and O–H groups in total. The van der Waals surface area contributed by atoms with Gasteiger partial charge < -0.3 is 5.73 Å². The topological polar surface area (TPSA) is 48.0 Å². The average Bonchev–Trinajstić information content (AvgIpc) is 2.83. The molecule has 0 amide bonds. The third-order valence-corrected chi connectivity index (χ3v) is 5.94. The van der Waals surface area contributed by atoms with E-state index in [9.17, 15) is 4.79 Å². The molecule has 0 aliphatic rings. The SMILES string of the molecule is CN.C[I-]n1c2ccc(Cl)cc2c2cc(Br)cc(CC=O)c21. The number of nitrogens with two attached hydrogens (primary N) is 1. The molecule has 0 fully saturated rings. The number of rotatable bonds is 3. The predicted octanol–water partition coefficient (Wildman–Crippen LogP) is 1.01. The number of halogens is 3. The van der Waals surface area contributed by atoms with Crippen molar-refractivity contribution in [3.8, 4) is 0 Å². The van der Waals surface area contributed by atoms with Crippen molar-refractivity contribution in [3.63, 3.8) is 0 Å². The Hall–Kier alpha value is -0.630. The Balaban J connectivity index is 0.000000847. The van der Waals surface area contributed by atoms with Crippen LogP contribution < -0.4 is 27.2 Å². The zero-order chi connectivity index (χ0) is 16.3. The van der Waals surface area contributed by atoms with E-state index < -0.39 is 0 Å². The predicted molar refractivity (Wildman–Crippen MR) is 93.4 cm³/mol. The van der Waals surface area contributed by atoms with Gasteiger partial charge in [-0.1, -0.05) is 0 Å². The van der Waals surface area contributed by atoms with Crippen molar-refractivity contribution < 1.29 is 26.3 Å². The molecule has 0 bridgehead atoms. The molecule has 3 nitrogen and oxygen atoms in total. The zero-order valence-electron chi connectivity index (χ0n) is 12.2. The van der Waals surface area contributed by atoms with Crippen LogP contribution in [0.1, 0.15) is 5.56 Å². The Morgan fingerprint density at radius 1 is 1.27 bits per heavy atom. The number of hydrogen-bond donors (Lipinski definition) is 1. The van der Waals surface area contributed by atoms with Crippen molar-refractivity contribution in [3.05, 3.63) is 45.4 Å². The number of aldehydes is 1. The Labute approximate surface area is 153 Å². The summed E-state index contributed by atoms with van der Waals surface area (Å²) < 4.78 is 3.35. The second-order valence-corrected chi connectivity index (χ2v) is 7.73. The van der Waals surface area contributed by atoms with Crippen molar-refractivity contribution in [2.24, 2.45) is 5.73 Å². The number of nitrogens with zero attached hydrogens (tertiary/aromatic N) is 1. The van der Waals surface area contributed by atoms with Gasteiger partial charge in [-0.2, -0.15) is 0 Å². The van der Waals surface area contributed by atoms with Crippen LogP contribution in [0.3, 0.4) is 0 Å². The van der Waals surface area contributed by atoms with Crippen molar-refractivity contribution in [2.45, 2.75) is 6.42 Å². The molecule has 3 rings (SSSR count). The average molecular weight is 495 g/mol. The molecular weight excluding hydrogens is 478 g/mol. The van der Waals surface area contributed by atoms with Gasteiger partial charge in [-0.3, -0.25) is 0 Å². The Kier molecular flexibility index (Phi) is 6.26. The van der Waals surface area contributed by atoms with E-state index >= 15 is 0 Å². The molecule has 0 unspecified atom stereocenters.